The van der Waals surface area contributed by atoms with Gasteiger partial charge in [0.1, 0.15) is 5.52 Å². The molecule has 0 saturated carbocycles. The molecule has 1 heterocycles. The molecule has 2 aromatic rings. The number of aromatic nitrogens is 1. The van der Waals surface area contributed by atoms with Gasteiger partial charge in [-0.2, -0.15) is 0 Å². The maximum atomic E-state index is 13.9. The fourth-order valence-electron chi connectivity index (χ4n) is 1.77. The average molecular weight is 284 g/mol. The lowest BCUT2D eigenvalue weighted by Crippen LogP contribution is -2.29. The van der Waals surface area contributed by atoms with Gasteiger partial charge in [-0.25, -0.2) is 14.0 Å². The number of esters is 1. The SMILES string of the molecule is COC(=O)[C@H](O)CNc1cc(F)c2c(c1)oc(=O)n2C. The van der Waals surface area contributed by atoms with Crippen molar-refractivity contribution in [1.82, 2.24) is 4.57 Å². The molecule has 0 fully saturated rings. The number of fused-ring (bicyclic) bond motifs is 1. The molecule has 1 atom stereocenters. The zero-order valence-electron chi connectivity index (χ0n) is 10.8. The first-order chi connectivity index (χ1) is 9.43. The Morgan fingerprint density at radius 1 is 1.60 bits per heavy atom. The number of anilines is 1. The number of benzene rings is 1. The van der Waals surface area contributed by atoms with Gasteiger partial charge in [0.05, 0.1) is 13.7 Å². The quantitative estimate of drug-likeness (QED) is 0.780. The number of carbonyl (C=O) groups is 1. The number of rotatable bonds is 4. The van der Waals surface area contributed by atoms with Crippen LogP contribution in [0, 0.1) is 5.82 Å². The summed E-state index contributed by atoms with van der Waals surface area (Å²) in [7, 11) is 2.54. The molecule has 2 rings (SSSR count). The van der Waals surface area contributed by atoms with Crippen LogP contribution in [0.4, 0.5) is 10.1 Å². The van der Waals surface area contributed by atoms with E-state index in [2.05, 4.69) is 10.1 Å². The number of aryl methyl sites for hydroxylation is 1. The molecular formula is C12H13FN2O5. The molecule has 20 heavy (non-hydrogen) atoms. The van der Waals surface area contributed by atoms with E-state index in [9.17, 15) is 19.1 Å². The van der Waals surface area contributed by atoms with E-state index >= 15 is 0 Å². The van der Waals surface area contributed by atoms with Crippen molar-refractivity contribution in [3.63, 3.8) is 0 Å². The van der Waals surface area contributed by atoms with Crippen molar-refractivity contribution in [2.45, 2.75) is 6.10 Å². The minimum absolute atomic E-state index is 0.0501. The number of aliphatic hydroxyl groups is 1. The third-order valence-corrected chi connectivity index (χ3v) is 2.81. The van der Waals surface area contributed by atoms with Crippen LogP contribution in [0.15, 0.2) is 21.3 Å². The van der Waals surface area contributed by atoms with Gasteiger partial charge in [-0.1, -0.05) is 0 Å². The number of nitrogens with one attached hydrogen (secondary N) is 1. The molecule has 0 spiro atoms. The molecule has 0 aliphatic carbocycles. The third-order valence-electron chi connectivity index (χ3n) is 2.81. The van der Waals surface area contributed by atoms with Crippen LogP contribution in [0.25, 0.3) is 11.1 Å². The highest BCUT2D eigenvalue weighted by Gasteiger charge is 2.16. The van der Waals surface area contributed by atoms with Crippen molar-refractivity contribution < 1.29 is 23.4 Å². The van der Waals surface area contributed by atoms with Gasteiger partial charge < -0.3 is 19.6 Å². The summed E-state index contributed by atoms with van der Waals surface area (Å²) in [6, 6.07) is 2.55. The van der Waals surface area contributed by atoms with E-state index in [0.29, 0.717) is 0 Å². The van der Waals surface area contributed by atoms with Crippen molar-refractivity contribution in [2.24, 2.45) is 7.05 Å². The molecule has 7 nitrogen and oxygen atoms in total. The monoisotopic (exact) mass is 284 g/mol. The number of carbonyl (C=O) groups excluding carboxylic acids is 1. The summed E-state index contributed by atoms with van der Waals surface area (Å²) in [6.07, 6.45) is -1.37. The standard InChI is InChI=1S/C12H13FN2O5/c1-15-10-7(13)3-6(4-9(10)20-12(15)18)14-5-8(16)11(17)19-2/h3-4,8,14,16H,5H2,1-2H3/t8-/m1/s1. The normalized spacial score (nSPS) is 12.4. The van der Waals surface area contributed by atoms with Crippen molar-refractivity contribution in [3.05, 3.63) is 28.5 Å². The highest BCUT2D eigenvalue weighted by molar-refractivity contribution is 5.79. The fraction of sp³-hybridized carbons (Fsp3) is 0.333. The van der Waals surface area contributed by atoms with E-state index in [-0.39, 0.29) is 23.3 Å². The first-order valence-electron chi connectivity index (χ1n) is 5.73. The summed E-state index contributed by atoms with van der Waals surface area (Å²) in [4.78, 5) is 22.3. The molecule has 1 aromatic heterocycles. The van der Waals surface area contributed by atoms with E-state index in [1.165, 1.54) is 13.1 Å². The van der Waals surface area contributed by atoms with Crippen molar-refractivity contribution in [1.29, 1.82) is 0 Å². The van der Waals surface area contributed by atoms with Crippen LogP contribution in [0.1, 0.15) is 0 Å². The van der Waals surface area contributed by atoms with Crippen LogP contribution in [0.5, 0.6) is 0 Å². The number of ether oxygens (including phenoxy) is 1. The highest BCUT2D eigenvalue weighted by Crippen LogP contribution is 2.21. The van der Waals surface area contributed by atoms with Gasteiger partial charge in [0.25, 0.3) is 0 Å². The summed E-state index contributed by atoms with van der Waals surface area (Å²) in [5, 5.41) is 12.1. The van der Waals surface area contributed by atoms with Gasteiger partial charge in [-0.05, 0) is 6.07 Å². The lowest BCUT2D eigenvalue weighted by Gasteiger charge is -2.10. The topological polar surface area (TPSA) is 93.7 Å². The Morgan fingerprint density at radius 2 is 2.30 bits per heavy atom. The van der Waals surface area contributed by atoms with Crippen LogP contribution >= 0.6 is 0 Å². The summed E-state index contributed by atoms with van der Waals surface area (Å²) < 4.78 is 24.1. The van der Waals surface area contributed by atoms with E-state index in [4.69, 9.17) is 4.42 Å². The molecule has 0 bridgehead atoms. The van der Waals surface area contributed by atoms with Crippen LogP contribution in [-0.2, 0) is 16.6 Å². The Labute approximate surface area is 112 Å². The van der Waals surface area contributed by atoms with E-state index in [0.717, 1.165) is 17.7 Å². The lowest BCUT2D eigenvalue weighted by molar-refractivity contribution is -0.149. The number of aliphatic hydroxyl groups excluding tert-OH is 1. The van der Waals surface area contributed by atoms with Gasteiger partial charge >= 0.3 is 11.7 Å². The van der Waals surface area contributed by atoms with Gasteiger partial charge in [0, 0.05) is 18.8 Å². The average Bonchev–Trinajstić information content (AvgIpc) is 2.70. The van der Waals surface area contributed by atoms with Crippen LogP contribution in [0.3, 0.4) is 0 Å². The van der Waals surface area contributed by atoms with Crippen LogP contribution in [0.2, 0.25) is 0 Å². The summed E-state index contributed by atoms with van der Waals surface area (Å²) in [5.41, 5.74) is 0.397. The second-order valence-electron chi connectivity index (χ2n) is 4.15. The predicted octanol–water partition coefficient (Wildman–Crippen LogP) is 0.216. The Bertz CT molecular complexity index is 706. The van der Waals surface area contributed by atoms with Crippen molar-refractivity contribution >= 4 is 22.8 Å². The Balaban J connectivity index is 2.24. The molecule has 2 N–H and O–H groups in total. The minimum atomic E-state index is -1.37. The number of halogens is 1. The molecular weight excluding hydrogens is 271 g/mol. The Morgan fingerprint density at radius 3 is 2.95 bits per heavy atom. The fourth-order valence-corrected chi connectivity index (χ4v) is 1.77. The zero-order chi connectivity index (χ0) is 14.9. The first-order valence-corrected chi connectivity index (χ1v) is 5.73. The smallest absolute Gasteiger partial charge is 0.419 e. The summed E-state index contributed by atoms with van der Waals surface area (Å²) in [5.74, 6) is -2.12. The van der Waals surface area contributed by atoms with Gasteiger partial charge in [0.15, 0.2) is 17.5 Å². The Kier molecular flexibility index (Phi) is 3.75. The predicted molar refractivity (Wildman–Crippen MR) is 67.9 cm³/mol. The molecule has 0 radical (unpaired) electrons. The maximum absolute atomic E-state index is 13.9. The second-order valence-corrected chi connectivity index (χ2v) is 4.15. The minimum Gasteiger partial charge on any atom is -0.467 e. The molecule has 108 valence electrons. The summed E-state index contributed by atoms with van der Waals surface area (Å²) >= 11 is 0. The highest BCUT2D eigenvalue weighted by atomic mass is 19.1. The van der Waals surface area contributed by atoms with Crippen molar-refractivity contribution in [2.75, 3.05) is 19.0 Å². The molecule has 1 aromatic carbocycles. The maximum Gasteiger partial charge on any atom is 0.419 e. The first kappa shape index (κ1) is 14.1. The Hall–Kier alpha value is -2.35. The molecule has 0 amide bonds. The lowest BCUT2D eigenvalue weighted by atomic mass is 10.2. The molecule has 0 unspecified atom stereocenters. The van der Waals surface area contributed by atoms with E-state index < -0.39 is 23.6 Å². The number of nitrogens with zero attached hydrogens (tertiary/aromatic N) is 1. The molecule has 0 saturated heterocycles. The molecule has 0 aliphatic rings. The molecule has 8 heteroatoms. The van der Waals surface area contributed by atoms with E-state index in [1.807, 2.05) is 0 Å². The van der Waals surface area contributed by atoms with Crippen LogP contribution < -0.4 is 11.1 Å². The molecule has 0 aliphatic heterocycles. The number of hydrogen-bond acceptors (Lipinski definition) is 6. The van der Waals surface area contributed by atoms with Gasteiger partial charge in [0.2, 0.25) is 0 Å². The summed E-state index contributed by atoms with van der Waals surface area (Å²) in [6.45, 7) is -0.158. The van der Waals surface area contributed by atoms with Crippen molar-refractivity contribution in [3.8, 4) is 0 Å². The second kappa shape index (κ2) is 5.33. The zero-order valence-corrected chi connectivity index (χ0v) is 10.8. The number of hydrogen-bond donors (Lipinski definition) is 2. The number of methoxy groups -OCH3 is 1. The van der Waals surface area contributed by atoms with Crippen LogP contribution in [-0.4, -0.2) is 35.4 Å². The largest absolute Gasteiger partial charge is 0.467 e. The third kappa shape index (κ3) is 2.50. The van der Waals surface area contributed by atoms with E-state index in [1.54, 1.807) is 0 Å². The number of oxazole rings is 1. The van der Waals surface area contributed by atoms with Gasteiger partial charge in [-0.3, -0.25) is 4.57 Å². The van der Waals surface area contributed by atoms with Gasteiger partial charge in [-0.15, -0.1) is 0 Å².